The predicted molar refractivity (Wildman–Crippen MR) is 49.9 cm³/mol. The molecule has 1 aromatic carbocycles. The van der Waals surface area contributed by atoms with Gasteiger partial charge in [0, 0.05) is 10.9 Å². The molecule has 0 saturated carbocycles. The minimum absolute atomic E-state index is 0.127. The first-order valence-electron chi connectivity index (χ1n) is 3.71. The van der Waals surface area contributed by atoms with Crippen LogP contribution in [0.3, 0.4) is 0 Å². The zero-order chi connectivity index (χ0) is 9.84. The van der Waals surface area contributed by atoms with Gasteiger partial charge in [0.05, 0.1) is 0 Å². The van der Waals surface area contributed by atoms with Crippen LogP contribution in [0.15, 0.2) is 22.7 Å². The van der Waals surface area contributed by atoms with Crippen LogP contribution < -0.4 is 0 Å². The van der Waals surface area contributed by atoms with Crippen molar-refractivity contribution in [1.29, 1.82) is 0 Å². The number of halogens is 2. The first-order valence-corrected chi connectivity index (χ1v) is 4.50. The van der Waals surface area contributed by atoms with Crippen molar-refractivity contribution in [2.45, 2.75) is 12.5 Å². The molecule has 2 nitrogen and oxygen atoms in total. The third-order valence-electron chi connectivity index (χ3n) is 1.59. The van der Waals surface area contributed by atoms with Crippen LogP contribution in [0.4, 0.5) is 4.39 Å². The largest absolute Gasteiger partial charge is 0.385 e. The van der Waals surface area contributed by atoms with Crippen molar-refractivity contribution in [3.8, 4) is 0 Å². The second kappa shape index (κ2) is 4.48. The van der Waals surface area contributed by atoms with Gasteiger partial charge in [-0.15, -0.1) is 0 Å². The van der Waals surface area contributed by atoms with E-state index in [-0.39, 0.29) is 12.2 Å². The average molecular weight is 247 g/mol. The van der Waals surface area contributed by atoms with Gasteiger partial charge in [-0.3, -0.25) is 0 Å². The van der Waals surface area contributed by atoms with E-state index in [1.807, 2.05) is 0 Å². The van der Waals surface area contributed by atoms with Crippen LogP contribution in [-0.4, -0.2) is 17.5 Å². The Morgan fingerprint density at radius 2 is 2.31 bits per heavy atom. The van der Waals surface area contributed by atoms with Crippen molar-refractivity contribution >= 4 is 22.2 Å². The van der Waals surface area contributed by atoms with Crippen molar-refractivity contribution in [3.63, 3.8) is 0 Å². The monoisotopic (exact) mass is 246 g/mol. The van der Waals surface area contributed by atoms with Crippen molar-refractivity contribution < 1.29 is 14.3 Å². The summed E-state index contributed by atoms with van der Waals surface area (Å²) in [5, 5.41) is 9.02. The summed E-state index contributed by atoms with van der Waals surface area (Å²) in [6.07, 6.45) is -0.516. The molecule has 0 spiro atoms. The van der Waals surface area contributed by atoms with E-state index in [0.717, 1.165) is 0 Å². The molecule has 1 atom stereocenters. The number of aliphatic hydroxyl groups is 1. The van der Waals surface area contributed by atoms with E-state index in [1.165, 1.54) is 12.1 Å². The number of benzene rings is 1. The molecule has 0 radical (unpaired) electrons. The topological polar surface area (TPSA) is 37.3 Å². The van der Waals surface area contributed by atoms with Gasteiger partial charge in [0.25, 0.3) is 0 Å². The highest BCUT2D eigenvalue weighted by Gasteiger charge is 2.07. The minimum atomic E-state index is -1.07. The van der Waals surface area contributed by atoms with Gasteiger partial charge in [-0.25, -0.2) is 4.39 Å². The molecule has 0 saturated heterocycles. The molecule has 0 aliphatic heterocycles. The fourth-order valence-corrected chi connectivity index (χ4v) is 1.38. The second-order valence-corrected chi connectivity index (χ2v) is 3.50. The van der Waals surface area contributed by atoms with Crippen LogP contribution >= 0.6 is 15.9 Å². The Balaban J connectivity index is 2.86. The molecule has 0 aromatic heterocycles. The smallest absolute Gasteiger partial charge is 0.148 e. The van der Waals surface area contributed by atoms with Gasteiger partial charge in [-0.1, -0.05) is 15.9 Å². The number of carbonyl (C=O) groups is 1. The number of hydrogen-bond acceptors (Lipinski definition) is 2. The first kappa shape index (κ1) is 10.3. The van der Waals surface area contributed by atoms with Crippen LogP contribution in [0.2, 0.25) is 0 Å². The third-order valence-corrected chi connectivity index (χ3v) is 2.37. The molecule has 0 heterocycles. The molecule has 0 fully saturated rings. The van der Waals surface area contributed by atoms with E-state index in [0.29, 0.717) is 16.3 Å². The van der Waals surface area contributed by atoms with Gasteiger partial charge in [0.15, 0.2) is 0 Å². The zero-order valence-electron chi connectivity index (χ0n) is 6.71. The van der Waals surface area contributed by atoms with Gasteiger partial charge in [0.2, 0.25) is 0 Å². The fraction of sp³-hybridized carbons (Fsp3) is 0.222. The van der Waals surface area contributed by atoms with E-state index < -0.39 is 6.10 Å². The summed E-state index contributed by atoms with van der Waals surface area (Å²) in [5.74, 6) is -0.378. The Hall–Kier alpha value is -0.740. The minimum Gasteiger partial charge on any atom is -0.385 e. The highest BCUT2D eigenvalue weighted by Crippen LogP contribution is 2.18. The zero-order valence-corrected chi connectivity index (χ0v) is 8.29. The predicted octanol–water partition coefficient (Wildman–Crippen LogP) is 1.69. The second-order valence-electron chi connectivity index (χ2n) is 2.64. The molecular weight excluding hydrogens is 239 g/mol. The van der Waals surface area contributed by atoms with Gasteiger partial charge < -0.3 is 9.90 Å². The Morgan fingerprint density at radius 1 is 1.62 bits per heavy atom. The molecule has 0 amide bonds. The molecule has 70 valence electrons. The van der Waals surface area contributed by atoms with Gasteiger partial charge in [-0.2, -0.15) is 0 Å². The molecular formula is C9H8BrFO2. The molecule has 1 N–H and O–H groups in total. The Morgan fingerprint density at radius 3 is 2.92 bits per heavy atom. The van der Waals surface area contributed by atoms with Crippen LogP contribution in [0.1, 0.15) is 5.56 Å². The lowest BCUT2D eigenvalue weighted by atomic mass is 10.1. The van der Waals surface area contributed by atoms with E-state index >= 15 is 0 Å². The lowest BCUT2D eigenvalue weighted by molar-refractivity contribution is -0.114. The van der Waals surface area contributed by atoms with E-state index in [1.54, 1.807) is 6.07 Å². The summed E-state index contributed by atoms with van der Waals surface area (Å²) in [6.45, 7) is 0. The summed E-state index contributed by atoms with van der Waals surface area (Å²) in [7, 11) is 0. The van der Waals surface area contributed by atoms with E-state index in [4.69, 9.17) is 5.11 Å². The van der Waals surface area contributed by atoms with Crippen molar-refractivity contribution in [2.75, 3.05) is 0 Å². The molecule has 0 aliphatic carbocycles. The standard InChI is InChI=1S/C9H8BrFO2/c10-9-2-1-7(11)3-6(9)4-8(13)5-12/h1-3,5,8,13H,4H2. The molecule has 1 aromatic rings. The molecule has 4 heteroatoms. The average Bonchev–Trinajstić information content (AvgIpc) is 2.11. The fourth-order valence-electron chi connectivity index (χ4n) is 0.973. The maximum atomic E-state index is 12.7. The molecule has 0 bridgehead atoms. The molecule has 1 unspecified atom stereocenters. The summed E-state index contributed by atoms with van der Waals surface area (Å²) in [5.41, 5.74) is 0.583. The van der Waals surface area contributed by atoms with E-state index in [2.05, 4.69) is 15.9 Å². The van der Waals surface area contributed by atoms with Crippen LogP contribution in [-0.2, 0) is 11.2 Å². The van der Waals surface area contributed by atoms with Crippen molar-refractivity contribution in [2.24, 2.45) is 0 Å². The lowest BCUT2D eigenvalue weighted by Crippen LogP contribution is -2.11. The summed E-state index contributed by atoms with van der Waals surface area (Å²) in [6, 6.07) is 4.14. The highest BCUT2D eigenvalue weighted by atomic mass is 79.9. The van der Waals surface area contributed by atoms with Gasteiger partial charge >= 0.3 is 0 Å². The first-order chi connectivity index (χ1) is 6.13. The number of rotatable bonds is 3. The Bertz CT molecular complexity index is 314. The van der Waals surface area contributed by atoms with Crippen LogP contribution in [0.25, 0.3) is 0 Å². The highest BCUT2D eigenvalue weighted by molar-refractivity contribution is 9.10. The summed E-state index contributed by atoms with van der Waals surface area (Å²) < 4.78 is 13.4. The SMILES string of the molecule is O=CC(O)Cc1cc(F)ccc1Br. The summed E-state index contributed by atoms with van der Waals surface area (Å²) >= 11 is 3.19. The third kappa shape index (κ3) is 2.90. The van der Waals surface area contributed by atoms with Gasteiger partial charge in [0.1, 0.15) is 18.2 Å². The molecule has 1 rings (SSSR count). The number of hydrogen-bond donors (Lipinski definition) is 1. The Kier molecular flexibility index (Phi) is 3.57. The maximum Gasteiger partial charge on any atom is 0.148 e. The molecule has 0 aliphatic rings. The molecule has 13 heavy (non-hydrogen) atoms. The Labute approximate surface area is 83.5 Å². The number of aliphatic hydroxyl groups excluding tert-OH is 1. The van der Waals surface area contributed by atoms with E-state index in [9.17, 15) is 9.18 Å². The number of aldehydes is 1. The van der Waals surface area contributed by atoms with Crippen LogP contribution in [0.5, 0.6) is 0 Å². The quantitative estimate of drug-likeness (QED) is 0.825. The van der Waals surface area contributed by atoms with Crippen molar-refractivity contribution in [1.82, 2.24) is 0 Å². The summed E-state index contributed by atoms with van der Waals surface area (Å²) in [4.78, 5) is 10.1. The normalized spacial score (nSPS) is 12.5. The van der Waals surface area contributed by atoms with Crippen molar-refractivity contribution in [3.05, 3.63) is 34.1 Å². The number of carbonyl (C=O) groups excluding carboxylic acids is 1. The van der Waals surface area contributed by atoms with Gasteiger partial charge in [-0.05, 0) is 23.8 Å². The lowest BCUT2D eigenvalue weighted by Gasteiger charge is -2.05. The maximum absolute atomic E-state index is 12.7. The van der Waals surface area contributed by atoms with Crippen LogP contribution in [0, 0.1) is 5.82 Å².